The molecule has 1 atom stereocenters. The third-order valence-electron chi connectivity index (χ3n) is 6.98. The molecule has 3 aromatic rings. The van der Waals surface area contributed by atoms with Gasteiger partial charge in [-0.1, -0.05) is 0 Å². The average Bonchev–Trinajstić information content (AvgIpc) is 3.38. The number of halogens is 1. The van der Waals surface area contributed by atoms with Crippen LogP contribution in [0.5, 0.6) is 23.0 Å². The normalized spacial score (nSPS) is 20.5. The van der Waals surface area contributed by atoms with Gasteiger partial charge < -0.3 is 0 Å². The molecule has 3 heterocycles. The molecule has 9 nitrogen and oxygen atoms in total. The Bertz CT molecular complexity index is 1690. The fraction of sp³-hybridized carbons (Fsp3) is 0.222. The maximum atomic E-state index is 13.3. The fourth-order valence-electron chi connectivity index (χ4n) is 4.96. The first-order valence-electron chi connectivity index (χ1n) is 11.9. The standard InChI is InChI=1S/C27H24INO8S/c1-3-28-11-10-18-13-25-26(36-16-35-25)14-21(18)23(28)12-17-4-9-24(34-2)27(22(17)15-28)37-38(32,33)20-7-5-19(6-8-20)29(30)31/h4-9,12-15H,3,10-11,16H2,1-2H3. The van der Waals surface area contributed by atoms with E-state index >= 15 is 0 Å². The van der Waals surface area contributed by atoms with Crippen molar-refractivity contribution in [2.75, 3.05) is 22.8 Å². The quantitative estimate of drug-likeness (QED) is 0.115. The molecule has 198 valence electrons. The predicted octanol–water partition coefficient (Wildman–Crippen LogP) is 5.38. The van der Waals surface area contributed by atoms with E-state index in [1.54, 1.807) is 6.07 Å². The molecule has 0 aromatic heterocycles. The van der Waals surface area contributed by atoms with Gasteiger partial charge in [-0.25, -0.2) is 0 Å². The number of alkyl halides is 2. The molecule has 0 bridgehead atoms. The topological polar surface area (TPSA) is 114 Å². The molecule has 0 radical (unpaired) electrons. The van der Waals surface area contributed by atoms with E-state index in [0.29, 0.717) is 11.3 Å². The summed E-state index contributed by atoms with van der Waals surface area (Å²) in [6.07, 6.45) is 3.07. The Morgan fingerprint density at radius 3 is 2.50 bits per heavy atom. The molecule has 6 rings (SSSR count). The van der Waals surface area contributed by atoms with Crippen molar-refractivity contribution in [3.05, 3.63) is 80.9 Å². The van der Waals surface area contributed by atoms with Gasteiger partial charge in [-0.15, -0.1) is 0 Å². The number of rotatable bonds is 6. The van der Waals surface area contributed by atoms with E-state index in [1.165, 1.54) is 33.9 Å². The Labute approximate surface area is 223 Å². The molecule has 3 aromatic carbocycles. The van der Waals surface area contributed by atoms with Gasteiger partial charge in [0.2, 0.25) is 0 Å². The van der Waals surface area contributed by atoms with Crippen LogP contribution >= 0.6 is 18.0 Å². The van der Waals surface area contributed by atoms with Gasteiger partial charge in [0.25, 0.3) is 0 Å². The summed E-state index contributed by atoms with van der Waals surface area (Å²) in [5.74, 6) is 1.95. The Morgan fingerprint density at radius 1 is 1.08 bits per heavy atom. The summed E-state index contributed by atoms with van der Waals surface area (Å²) >= 11 is -2.77. The molecule has 38 heavy (non-hydrogen) atoms. The van der Waals surface area contributed by atoms with Crippen LogP contribution < -0.4 is 18.4 Å². The number of nitrogens with zero attached hydrogens (tertiary/aromatic N) is 1. The third-order valence-corrected chi connectivity index (χ3v) is 18.4. The summed E-state index contributed by atoms with van der Waals surface area (Å²) in [5.41, 5.74) is 3.75. The molecule has 0 saturated heterocycles. The second-order valence-electron chi connectivity index (χ2n) is 8.93. The molecular weight excluding hydrogens is 625 g/mol. The van der Waals surface area contributed by atoms with Crippen LogP contribution in [0.15, 0.2) is 53.4 Å². The molecule has 0 amide bonds. The van der Waals surface area contributed by atoms with E-state index in [0.717, 1.165) is 44.5 Å². The first-order valence-corrected chi connectivity index (χ1v) is 18.6. The molecule has 0 aliphatic carbocycles. The first kappa shape index (κ1) is 24.9. The maximum absolute atomic E-state index is 13.3. The van der Waals surface area contributed by atoms with E-state index in [4.69, 9.17) is 18.4 Å². The molecule has 0 spiro atoms. The number of methoxy groups -OCH3 is 1. The minimum atomic E-state index is -4.29. The van der Waals surface area contributed by atoms with Crippen molar-refractivity contribution in [2.24, 2.45) is 0 Å². The summed E-state index contributed by atoms with van der Waals surface area (Å²) in [6, 6.07) is 12.4. The third kappa shape index (κ3) is 3.95. The van der Waals surface area contributed by atoms with Gasteiger partial charge in [-0.2, -0.15) is 0 Å². The molecule has 0 saturated carbocycles. The molecule has 0 N–H and O–H groups in total. The summed E-state index contributed by atoms with van der Waals surface area (Å²) < 4.78 is 54.6. The SMILES string of the molecule is CCI12=Cc3c(ccc(OC)c3OS(=O)(=O)c3ccc([N+](=O)[O-])cc3)C=C1c1cc3c(cc1CC2)OCO3. The zero-order valence-corrected chi connectivity index (χ0v) is 23.6. The van der Waals surface area contributed by atoms with Crippen LogP contribution in [0.4, 0.5) is 5.69 Å². The summed E-state index contributed by atoms with van der Waals surface area (Å²) in [7, 11) is -2.82. The molecular formula is C27H24INO8S. The number of hydrogen-bond acceptors (Lipinski definition) is 8. The summed E-state index contributed by atoms with van der Waals surface area (Å²) in [6.45, 7) is 2.41. The van der Waals surface area contributed by atoms with Crippen molar-refractivity contribution < 1.29 is 31.7 Å². The number of hydrogen-bond donors (Lipinski definition) is 0. The van der Waals surface area contributed by atoms with Gasteiger partial charge >= 0.3 is 224 Å². The second-order valence-corrected chi connectivity index (χ2v) is 19.9. The first-order chi connectivity index (χ1) is 18.2. The Morgan fingerprint density at radius 2 is 1.82 bits per heavy atom. The summed E-state index contributed by atoms with van der Waals surface area (Å²) in [5, 5.41) is 11.0. The van der Waals surface area contributed by atoms with Crippen molar-refractivity contribution in [3.8, 4) is 23.0 Å². The zero-order valence-electron chi connectivity index (χ0n) is 20.6. The Hall–Kier alpha value is -3.45. The molecule has 3 aliphatic heterocycles. The van der Waals surface area contributed by atoms with Crippen LogP contribution in [-0.4, -0.2) is 40.1 Å². The number of non-ortho nitro benzene ring substituents is 1. The molecule has 11 heteroatoms. The minimum absolute atomic E-state index is 0.131. The van der Waals surface area contributed by atoms with Crippen LogP contribution in [0.2, 0.25) is 0 Å². The molecule has 1 unspecified atom stereocenters. The van der Waals surface area contributed by atoms with Crippen molar-refractivity contribution in [1.82, 2.24) is 0 Å². The molecule has 3 aliphatic rings. The van der Waals surface area contributed by atoms with Crippen LogP contribution in [0.25, 0.3) is 9.66 Å². The van der Waals surface area contributed by atoms with Crippen molar-refractivity contribution in [2.45, 2.75) is 18.2 Å². The van der Waals surface area contributed by atoms with Crippen LogP contribution in [0.3, 0.4) is 0 Å². The van der Waals surface area contributed by atoms with Gasteiger partial charge in [0, 0.05) is 0 Å². The van der Waals surface area contributed by atoms with E-state index in [-0.39, 0.29) is 23.1 Å². The predicted molar refractivity (Wildman–Crippen MR) is 153 cm³/mol. The van der Waals surface area contributed by atoms with Gasteiger partial charge in [0.1, 0.15) is 0 Å². The van der Waals surface area contributed by atoms with Crippen molar-refractivity contribution >= 4 is 47.4 Å². The van der Waals surface area contributed by atoms with Gasteiger partial charge in [-0.05, 0) is 0 Å². The number of aryl methyl sites for hydroxylation is 1. The van der Waals surface area contributed by atoms with Crippen molar-refractivity contribution in [3.63, 3.8) is 0 Å². The Balaban J connectivity index is 1.48. The van der Waals surface area contributed by atoms with E-state index in [2.05, 4.69) is 29.1 Å². The monoisotopic (exact) mass is 649 g/mol. The number of benzene rings is 3. The van der Waals surface area contributed by atoms with Gasteiger partial charge in [0.15, 0.2) is 0 Å². The second kappa shape index (κ2) is 9.09. The van der Waals surface area contributed by atoms with Crippen LogP contribution in [0, 0.1) is 10.1 Å². The zero-order chi connectivity index (χ0) is 26.7. The van der Waals surface area contributed by atoms with Gasteiger partial charge in [-0.3, -0.25) is 0 Å². The van der Waals surface area contributed by atoms with Crippen LogP contribution in [0.1, 0.15) is 29.2 Å². The number of nitro groups is 1. The Kier molecular flexibility index (Phi) is 5.94. The van der Waals surface area contributed by atoms with E-state index in [1.807, 2.05) is 6.07 Å². The van der Waals surface area contributed by atoms with Crippen molar-refractivity contribution in [1.29, 1.82) is 0 Å². The molecule has 0 fully saturated rings. The number of nitro benzene ring substituents is 1. The number of ether oxygens (including phenoxy) is 3. The van der Waals surface area contributed by atoms with E-state index in [9.17, 15) is 18.5 Å². The van der Waals surface area contributed by atoms with Crippen LogP contribution in [-0.2, 0) is 16.5 Å². The van der Waals surface area contributed by atoms with Gasteiger partial charge in [0.05, 0.1) is 0 Å². The number of fused-ring (bicyclic) bond motifs is 5. The fourth-order valence-corrected chi connectivity index (χ4v) is 15.2. The average molecular weight is 649 g/mol. The summed E-state index contributed by atoms with van der Waals surface area (Å²) in [4.78, 5) is 10.2. The van der Waals surface area contributed by atoms with E-state index < -0.39 is 33.0 Å².